The molecule has 2 aromatic rings. The lowest BCUT2D eigenvalue weighted by Crippen LogP contribution is -2.36. The van der Waals surface area contributed by atoms with Gasteiger partial charge < -0.3 is 15.7 Å². The molecule has 0 fully saturated rings. The van der Waals surface area contributed by atoms with E-state index < -0.39 is 0 Å². The maximum atomic E-state index is 12.0. The van der Waals surface area contributed by atoms with Crippen LogP contribution in [0.2, 0.25) is 0 Å². The maximum Gasteiger partial charge on any atom is 0.319 e. The Morgan fingerprint density at radius 2 is 2.10 bits per heavy atom. The van der Waals surface area contributed by atoms with Crippen molar-refractivity contribution in [2.75, 3.05) is 11.9 Å². The summed E-state index contributed by atoms with van der Waals surface area (Å²) in [5.41, 5.74) is 1.82. The van der Waals surface area contributed by atoms with Crippen LogP contribution >= 0.6 is 11.3 Å². The summed E-state index contributed by atoms with van der Waals surface area (Å²) in [4.78, 5) is 13.2. The zero-order valence-corrected chi connectivity index (χ0v) is 12.8. The summed E-state index contributed by atoms with van der Waals surface area (Å²) in [6.07, 6.45) is 1.45. The predicted molar refractivity (Wildman–Crippen MR) is 87.7 cm³/mol. The summed E-state index contributed by atoms with van der Waals surface area (Å²) in [5, 5.41) is 16.6. The van der Waals surface area contributed by atoms with E-state index in [0.717, 1.165) is 22.5 Å². The molecule has 5 heteroatoms. The number of aliphatic hydroxyl groups excluding tert-OH is 1. The largest absolute Gasteiger partial charge is 0.396 e. The Bertz CT molecular complexity index is 569. The minimum atomic E-state index is -0.218. The van der Waals surface area contributed by atoms with E-state index >= 15 is 0 Å². The molecular weight excluding hydrogens is 284 g/mol. The molecule has 3 N–H and O–H groups in total. The van der Waals surface area contributed by atoms with Gasteiger partial charge in [0.15, 0.2) is 0 Å². The van der Waals surface area contributed by atoms with Crippen LogP contribution in [0, 0.1) is 0 Å². The molecule has 1 aromatic carbocycles. The van der Waals surface area contributed by atoms with Crippen LogP contribution in [0.15, 0.2) is 41.8 Å². The van der Waals surface area contributed by atoms with Crippen LogP contribution in [0.25, 0.3) is 10.4 Å². The zero-order valence-electron chi connectivity index (χ0n) is 12.0. The SMILES string of the molecule is CC(CCCO)NC(=O)Nc1ccccc1-c1cccs1. The number of amides is 2. The van der Waals surface area contributed by atoms with Gasteiger partial charge in [-0.15, -0.1) is 11.3 Å². The van der Waals surface area contributed by atoms with Gasteiger partial charge in [-0.3, -0.25) is 0 Å². The van der Waals surface area contributed by atoms with Crippen molar-refractivity contribution >= 4 is 23.1 Å². The number of nitrogens with one attached hydrogen (secondary N) is 2. The van der Waals surface area contributed by atoms with E-state index in [-0.39, 0.29) is 18.7 Å². The smallest absolute Gasteiger partial charge is 0.319 e. The molecule has 0 aliphatic carbocycles. The van der Waals surface area contributed by atoms with Crippen LogP contribution < -0.4 is 10.6 Å². The number of carbonyl (C=O) groups excluding carboxylic acids is 1. The van der Waals surface area contributed by atoms with Gasteiger partial charge in [0.1, 0.15) is 0 Å². The molecule has 1 atom stereocenters. The van der Waals surface area contributed by atoms with Gasteiger partial charge in [0.05, 0.1) is 5.69 Å². The van der Waals surface area contributed by atoms with Gasteiger partial charge in [-0.25, -0.2) is 4.79 Å². The van der Waals surface area contributed by atoms with E-state index in [2.05, 4.69) is 10.6 Å². The van der Waals surface area contributed by atoms with Crippen molar-refractivity contribution in [2.45, 2.75) is 25.8 Å². The molecule has 2 amide bonds. The monoisotopic (exact) mass is 304 g/mol. The lowest BCUT2D eigenvalue weighted by atomic mass is 10.1. The van der Waals surface area contributed by atoms with Gasteiger partial charge in [-0.05, 0) is 37.3 Å². The van der Waals surface area contributed by atoms with Crippen molar-refractivity contribution in [3.63, 3.8) is 0 Å². The van der Waals surface area contributed by atoms with Gasteiger partial charge in [-0.1, -0.05) is 24.3 Å². The molecule has 0 aliphatic heterocycles. The lowest BCUT2D eigenvalue weighted by molar-refractivity contribution is 0.245. The number of aliphatic hydroxyl groups is 1. The molecule has 1 heterocycles. The normalized spacial score (nSPS) is 11.9. The number of thiophene rings is 1. The summed E-state index contributed by atoms with van der Waals surface area (Å²) in [6, 6.07) is 11.6. The Balaban J connectivity index is 2.01. The molecule has 0 bridgehead atoms. The summed E-state index contributed by atoms with van der Waals surface area (Å²) < 4.78 is 0. The number of benzene rings is 1. The molecule has 0 saturated carbocycles. The Kier molecular flexibility index (Phi) is 5.78. The fourth-order valence-electron chi connectivity index (χ4n) is 2.09. The van der Waals surface area contributed by atoms with E-state index in [9.17, 15) is 4.79 Å². The molecule has 0 radical (unpaired) electrons. The average Bonchev–Trinajstić information content (AvgIpc) is 2.99. The van der Waals surface area contributed by atoms with Gasteiger partial charge in [0, 0.05) is 23.1 Å². The summed E-state index contributed by atoms with van der Waals surface area (Å²) >= 11 is 1.64. The summed E-state index contributed by atoms with van der Waals surface area (Å²) in [7, 11) is 0. The van der Waals surface area contributed by atoms with Crippen molar-refractivity contribution in [3.05, 3.63) is 41.8 Å². The molecule has 112 valence electrons. The average molecular weight is 304 g/mol. The first-order valence-corrected chi connectivity index (χ1v) is 7.90. The second-order valence-corrected chi connectivity index (χ2v) is 5.84. The molecule has 2 rings (SSSR count). The Morgan fingerprint density at radius 3 is 2.81 bits per heavy atom. The van der Waals surface area contributed by atoms with Crippen molar-refractivity contribution < 1.29 is 9.90 Å². The first-order valence-electron chi connectivity index (χ1n) is 7.02. The molecule has 1 aromatic heterocycles. The van der Waals surface area contributed by atoms with Crippen molar-refractivity contribution in [2.24, 2.45) is 0 Å². The lowest BCUT2D eigenvalue weighted by Gasteiger charge is -2.15. The summed E-state index contributed by atoms with van der Waals surface area (Å²) in [6.45, 7) is 2.08. The van der Waals surface area contributed by atoms with Crippen molar-refractivity contribution in [3.8, 4) is 10.4 Å². The number of hydrogen-bond donors (Lipinski definition) is 3. The third kappa shape index (κ3) is 4.58. The van der Waals surface area contributed by atoms with Crippen molar-refractivity contribution in [1.29, 1.82) is 0 Å². The molecule has 0 spiro atoms. The van der Waals surface area contributed by atoms with Gasteiger partial charge in [0.25, 0.3) is 0 Å². The van der Waals surface area contributed by atoms with Crippen LogP contribution in [0.3, 0.4) is 0 Å². The highest BCUT2D eigenvalue weighted by atomic mass is 32.1. The van der Waals surface area contributed by atoms with Crippen LogP contribution in [0.4, 0.5) is 10.5 Å². The van der Waals surface area contributed by atoms with Crippen LogP contribution in [0.5, 0.6) is 0 Å². The molecule has 1 unspecified atom stereocenters. The van der Waals surface area contributed by atoms with E-state index in [4.69, 9.17) is 5.11 Å². The van der Waals surface area contributed by atoms with E-state index in [0.29, 0.717) is 6.42 Å². The second kappa shape index (κ2) is 7.81. The first-order chi connectivity index (χ1) is 10.2. The number of para-hydroxylation sites is 1. The van der Waals surface area contributed by atoms with E-state index in [1.165, 1.54) is 0 Å². The van der Waals surface area contributed by atoms with Crippen molar-refractivity contribution in [1.82, 2.24) is 5.32 Å². The fraction of sp³-hybridized carbons (Fsp3) is 0.312. The quantitative estimate of drug-likeness (QED) is 0.762. The Hall–Kier alpha value is -1.85. The fourth-order valence-corrected chi connectivity index (χ4v) is 2.86. The third-order valence-corrected chi connectivity index (χ3v) is 4.04. The third-order valence-electron chi connectivity index (χ3n) is 3.13. The van der Waals surface area contributed by atoms with Crippen LogP contribution in [0.1, 0.15) is 19.8 Å². The number of anilines is 1. The zero-order chi connectivity index (χ0) is 15.1. The number of rotatable bonds is 6. The number of hydrogen-bond acceptors (Lipinski definition) is 3. The molecule has 4 nitrogen and oxygen atoms in total. The molecule has 0 saturated heterocycles. The first kappa shape index (κ1) is 15.5. The molecular formula is C16H20N2O2S. The molecule has 21 heavy (non-hydrogen) atoms. The predicted octanol–water partition coefficient (Wildman–Crippen LogP) is 3.70. The van der Waals surface area contributed by atoms with Gasteiger partial charge >= 0.3 is 6.03 Å². The number of carbonyl (C=O) groups is 1. The topological polar surface area (TPSA) is 61.4 Å². The van der Waals surface area contributed by atoms with E-state index in [1.54, 1.807) is 11.3 Å². The standard InChI is InChI=1S/C16H20N2O2S/c1-12(6-4-10-19)17-16(20)18-14-8-3-2-7-13(14)15-9-5-11-21-15/h2-3,5,7-9,11-12,19H,4,6,10H2,1H3,(H2,17,18,20). The van der Waals surface area contributed by atoms with E-state index in [1.807, 2.05) is 48.7 Å². The Morgan fingerprint density at radius 1 is 1.29 bits per heavy atom. The minimum absolute atomic E-state index is 0.0334. The summed E-state index contributed by atoms with van der Waals surface area (Å²) in [5.74, 6) is 0. The Labute approximate surface area is 128 Å². The second-order valence-electron chi connectivity index (χ2n) is 4.89. The highest BCUT2D eigenvalue weighted by Crippen LogP contribution is 2.31. The van der Waals surface area contributed by atoms with Gasteiger partial charge in [0.2, 0.25) is 0 Å². The van der Waals surface area contributed by atoms with Crippen LogP contribution in [-0.2, 0) is 0 Å². The van der Waals surface area contributed by atoms with Crippen LogP contribution in [-0.4, -0.2) is 23.8 Å². The highest BCUT2D eigenvalue weighted by Gasteiger charge is 2.10. The maximum absolute atomic E-state index is 12.0. The minimum Gasteiger partial charge on any atom is -0.396 e. The highest BCUT2D eigenvalue weighted by molar-refractivity contribution is 7.13. The molecule has 0 aliphatic rings. The number of urea groups is 1. The van der Waals surface area contributed by atoms with Gasteiger partial charge in [-0.2, -0.15) is 0 Å².